The van der Waals surface area contributed by atoms with Gasteiger partial charge in [0.2, 0.25) is 0 Å². The number of hydrogen-bond acceptors (Lipinski definition) is 4. The summed E-state index contributed by atoms with van der Waals surface area (Å²) in [7, 11) is 0. The number of hydrogen-bond donors (Lipinski definition) is 3. The molecule has 0 unspecified atom stereocenters. The first-order valence-electron chi connectivity index (χ1n) is 5.79. The minimum Gasteiger partial charge on any atom is -0.480 e. The van der Waals surface area contributed by atoms with Crippen LogP contribution in [0.3, 0.4) is 0 Å². The molecule has 0 saturated heterocycles. The van der Waals surface area contributed by atoms with Crippen LogP contribution in [0.2, 0.25) is 0 Å². The first-order chi connectivity index (χ1) is 8.63. The molecule has 2 amide bonds. The molecule has 6 nitrogen and oxygen atoms in total. The molecule has 0 aromatic carbocycles. The molecule has 0 aliphatic heterocycles. The maximum atomic E-state index is 11.5. The molecule has 0 spiro atoms. The minimum atomic E-state index is -1.01. The molecule has 0 radical (unpaired) electrons. The van der Waals surface area contributed by atoms with Gasteiger partial charge in [-0.1, -0.05) is 19.8 Å². The second kappa shape index (κ2) is 7.65. The normalized spacial score (nSPS) is 11.8. The van der Waals surface area contributed by atoms with Crippen molar-refractivity contribution >= 4 is 23.3 Å². The van der Waals surface area contributed by atoms with Gasteiger partial charge >= 0.3 is 12.0 Å². The van der Waals surface area contributed by atoms with Gasteiger partial charge in [0.1, 0.15) is 11.0 Å². The van der Waals surface area contributed by atoms with Crippen LogP contribution in [0.25, 0.3) is 0 Å². The molecule has 0 saturated carbocycles. The first-order valence-corrected chi connectivity index (χ1v) is 6.67. The van der Waals surface area contributed by atoms with Gasteiger partial charge in [-0.25, -0.2) is 14.6 Å². The maximum Gasteiger partial charge on any atom is 0.326 e. The lowest BCUT2D eigenvalue weighted by Crippen LogP contribution is -2.45. The number of thiazole rings is 1. The number of carbonyl (C=O) groups excluding carboxylic acids is 1. The van der Waals surface area contributed by atoms with E-state index >= 15 is 0 Å². The summed E-state index contributed by atoms with van der Waals surface area (Å²) < 4.78 is 0. The van der Waals surface area contributed by atoms with Gasteiger partial charge in [0.15, 0.2) is 0 Å². The van der Waals surface area contributed by atoms with Crippen LogP contribution >= 0.6 is 11.3 Å². The van der Waals surface area contributed by atoms with Crippen molar-refractivity contribution < 1.29 is 14.7 Å². The van der Waals surface area contributed by atoms with Crippen LogP contribution in [0.1, 0.15) is 31.2 Å². The van der Waals surface area contributed by atoms with E-state index in [1.54, 1.807) is 6.20 Å². The average molecular weight is 271 g/mol. The van der Waals surface area contributed by atoms with Crippen LogP contribution in [0, 0.1) is 0 Å². The van der Waals surface area contributed by atoms with Gasteiger partial charge in [0.25, 0.3) is 0 Å². The molecule has 0 bridgehead atoms. The molecule has 0 fully saturated rings. The van der Waals surface area contributed by atoms with E-state index in [9.17, 15) is 9.59 Å². The number of urea groups is 1. The number of amides is 2. The van der Waals surface area contributed by atoms with Crippen molar-refractivity contribution in [2.45, 2.75) is 38.8 Å². The average Bonchev–Trinajstić information content (AvgIpc) is 2.84. The number of nitrogens with zero attached hydrogens (tertiary/aromatic N) is 1. The Morgan fingerprint density at radius 1 is 1.56 bits per heavy atom. The third kappa shape index (κ3) is 5.13. The lowest BCUT2D eigenvalue weighted by Gasteiger charge is -2.14. The number of aliphatic carboxylic acids is 1. The molecule has 0 aliphatic rings. The fourth-order valence-corrected chi connectivity index (χ4v) is 1.93. The SMILES string of the molecule is CCCC[C@H](NC(=O)NCc1nccs1)C(=O)O. The molecule has 1 aromatic heterocycles. The monoisotopic (exact) mass is 271 g/mol. The molecule has 1 aromatic rings. The summed E-state index contributed by atoms with van der Waals surface area (Å²) in [6.07, 6.45) is 3.76. The zero-order valence-electron chi connectivity index (χ0n) is 10.2. The third-order valence-corrected chi connectivity index (χ3v) is 3.11. The van der Waals surface area contributed by atoms with E-state index in [-0.39, 0.29) is 0 Å². The lowest BCUT2D eigenvalue weighted by atomic mass is 10.1. The van der Waals surface area contributed by atoms with Gasteiger partial charge in [0.05, 0.1) is 6.54 Å². The Balaban J connectivity index is 2.34. The highest BCUT2D eigenvalue weighted by Crippen LogP contribution is 2.03. The van der Waals surface area contributed by atoms with Crippen LogP contribution in [0.5, 0.6) is 0 Å². The lowest BCUT2D eigenvalue weighted by molar-refractivity contribution is -0.139. The van der Waals surface area contributed by atoms with Gasteiger partial charge in [-0.15, -0.1) is 11.3 Å². The Hall–Kier alpha value is -1.63. The Morgan fingerprint density at radius 2 is 2.33 bits per heavy atom. The summed E-state index contributed by atoms with van der Waals surface area (Å²) in [5.74, 6) is -1.01. The summed E-state index contributed by atoms with van der Waals surface area (Å²) in [4.78, 5) is 26.4. The van der Waals surface area contributed by atoms with Crippen LogP contribution in [-0.4, -0.2) is 28.1 Å². The van der Waals surface area contributed by atoms with Gasteiger partial charge in [-0.05, 0) is 6.42 Å². The summed E-state index contributed by atoms with van der Waals surface area (Å²) in [5.41, 5.74) is 0. The molecule has 7 heteroatoms. The van der Waals surface area contributed by atoms with Crippen LogP contribution < -0.4 is 10.6 Å². The Labute approximate surface area is 109 Å². The van der Waals surface area contributed by atoms with Crippen molar-refractivity contribution in [2.75, 3.05) is 0 Å². The molecule has 3 N–H and O–H groups in total. The number of rotatable bonds is 7. The predicted octanol–water partition coefficient (Wildman–Crippen LogP) is 1.59. The second-order valence-corrected chi connectivity index (χ2v) is 4.77. The number of carboxylic acids is 1. The van der Waals surface area contributed by atoms with E-state index in [1.807, 2.05) is 12.3 Å². The number of aromatic nitrogens is 1. The first kappa shape index (κ1) is 14.4. The molecule has 1 heterocycles. The van der Waals surface area contributed by atoms with Gasteiger partial charge < -0.3 is 15.7 Å². The van der Waals surface area contributed by atoms with Crippen LogP contribution in [-0.2, 0) is 11.3 Å². The molecule has 18 heavy (non-hydrogen) atoms. The Morgan fingerprint density at radius 3 is 2.89 bits per heavy atom. The van der Waals surface area contributed by atoms with E-state index in [1.165, 1.54) is 11.3 Å². The minimum absolute atomic E-state index is 0.309. The largest absolute Gasteiger partial charge is 0.480 e. The summed E-state index contributed by atoms with van der Waals surface area (Å²) in [5, 5.41) is 16.6. The van der Waals surface area contributed by atoms with E-state index in [0.29, 0.717) is 13.0 Å². The van der Waals surface area contributed by atoms with Gasteiger partial charge in [0, 0.05) is 11.6 Å². The standard InChI is InChI=1S/C11H17N3O3S/c1-2-3-4-8(10(15)16)14-11(17)13-7-9-12-5-6-18-9/h5-6,8H,2-4,7H2,1H3,(H,15,16)(H2,13,14,17)/t8-/m0/s1. The number of carboxylic acid groups (broad SMARTS) is 1. The fourth-order valence-electron chi connectivity index (χ4n) is 1.37. The van der Waals surface area contributed by atoms with E-state index in [4.69, 9.17) is 5.11 Å². The highest BCUT2D eigenvalue weighted by Gasteiger charge is 2.18. The highest BCUT2D eigenvalue weighted by atomic mass is 32.1. The Bertz CT molecular complexity index is 381. The van der Waals surface area contributed by atoms with Crippen LogP contribution in [0.15, 0.2) is 11.6 Å². The highest BCUT2D eigenvalue weighted by molar-refractivity contribution is 7.09. The van der Waals surface area contributed by atoms with Crippen LogP contribution in [0.4, 0.5) is 4.79 Å². The Kier molecular flexibility index (Phi) is 6.13. The summed E-state index contributed by atoms with van der Waals surface area (Å²) in [6, 6.07) is -1.31. The van der Waals surface area contributed by atoms with Crippen molar-refractivity contribution in [3.8, 4) is 0 Å². The second-order valence-electron chi connectivity index (χ2n) is 3.79. The number of carbonyl (C=O) groups is 2. The van der Waals surface area contributed by atoms with E-state index in [0.717, 1.165) is 17.8 Å². The van der Waals surface area contributed by atoms with Crippen molar-refractivity contribution in [1.29, 1.82) is 0 Å². The topological polar surface area (TPSA) is 91.3 Å². The smallest absolute Gasteiger partial charge is 0.326 e. The van der Waals surface area contributed by atoms with Crippen molar-refractivity contribution in [3.05, 3.63) is 16.6 Å². The molecule has 1 rings (SSSR count). The number of unbranched alkanes of at least 4 members (excludes halogenated alkanes) is 1. The molecule has 0 aliphatic carbocycles. The quantitative estimate of drug-likeness (QED) is 0.702. The molecule has 1 atom stereocenters. The zero-order chi connectivity index (χ0) is 13.4. The predicted molar refractivity (Wildman–Crippen MR) is 68.4 cm³/mol. The maximum absolute atomic E-state index is 11.5. The molecular formula is C11H17N3O3S. The van der Waals surface area contributed by atoms with Crippen molar-refractivity contribution in [2.24, 2.45) is 0 Å². The molecule has 100 valence electrons. The van der Waals surface area contributed by atoms with Gasteiger partial charge in [-0.2, -0.15) is 0 Å². The van der Waals surface area contributed by atoms with Crippen molar-refractivity contribution in [3.63, 3.8) is 0 Å². The fraction of sp³-hybridized carbons (Fsp3) is 0.545. The van der Waals surface area contributed by atoms with E-state index < -0.39 is 18.0 Å². The summed E-state index contributed by atoms with van der Waals surface area (Å²) >= 11 is 1.43. The number of nitrogens with one attached hydrogen (secondary N) is 2. The van der Waals surface area contributed by atoms with E-state index in [2.05, 4.69) is 15.6 Å². The van der Waals surface area contributed by atoms with Crippen molar-refractivity contribution in [1.82, 2.24) is 15.6 Å². The molecular weight excluding hydrogens is 254 g/mol. The summed E-state index contributed by atoms with van der Waals surface area (Å²) in [6.45, 7) is 2.28. The van der Waals surface area contributed by atoms with Gasteiger partial charge in [-0.3, -0.25) is 0 Å². The zero-order valence-corrected chi connectivity index (χ0v) is 11.0. The third-order valence-electron chi connectivity index (χ3n) is 2.33.